The van der Waals surface area contributed by atoms with Gasteiger partial charge in [0.25, 0.3) is 0 Å². The summed E-state index contributed by atoms with van der Waals surface area (Å²) in [6, 6.07) is 0. The van der Waals surface area contributed by atoms with Crippen LogP contribution in [0.3, 0.4) is 0 Å². The lowest BCUT2D eigenvalue weighted by Gasteiger charge is -1.98. The maximum Gasteiger partial charge on any atom is 0.636 e. The van der Waals surface area contributed by atoms with E-state index in [0.717, 1.165) is 0 Å². The van der Waals surface area contributed by atoms with Gasteiger partial charge in [-0.25, -0.2) is 0 Å². The molecule has 0 bridgehead atoms. The molecule has 5 heteroatoms. The van der Waals surface area contributed by atoms with Crippen molar-refractivity contribution in [3.63, 3.8) is 0 Å². The minimum atomic E-state index is -2.29. The Morgan fingerprint density at radius 3 is 2.45 bits per heavy atom. The molecule has 0 aromatic rings. The predicted molar refractivity (Wildman–Crippen MR) is 40.8 cm³/mol. The van der Waals surface area contributed by atoms with Gasteiger partial charge in [0.05, 0.1) is 0 Å². The summed E-state index contributed by atoms with van der Waals surface area (Å²) in [7, 11) is -2.29. The van der Waals surface area contributed by atoms with Crippen molar-refractivity contribution in [3.8, 4) is 0 Å². The van der Waals surface area contributed by atoms with Crippen LogP contribution < -0.4 is 0 Å². The second-order valence-corrected chi connectivity index (χ2v) is 3.24. The van der Waals surface area contributed by atoms with Crippen LogP contribution in [0.1, 0.15) is 20.8 Å². The van der Waals surface area contributed by atoms with E-state index < -0.39 is 13.7 Å². The van der Waals surface area contributed by atoms with E-state index in [2.05, 4.69) is 9.26 Å². The molecule has 0 aliphatic carbocycles. The molecule has 0 aromatic carbocycles. The van der Waals surface area contributed by atoms with E-state index in [0.29, 0.717) is 0 Å². The molecule has 0 aliphatic rings. The number of hydrogen-bond donors (Lipinski definition) is 0. The Morgan fingerprint density at radius 1 is 1.55 bits per heavy atom. The van der Waals surface area contributed by atoms with Crippen molar-refractivity contribution in [1.29, 1.82) is 0 Å². The van der Waals surface area contributed by atoms with Crippen molar-refractivity contribution in [2.75, 3.05) is 6.61 Å². The van der Waals surface area contributed by atoms with Crippen molar-refractivity contribution in [3.05, 3.63) is 0 Å². The number of carbonyl (C=O) groups is 1. The molecule has 0 aromatic heterocycles. The number of ether oxygens (including phenoxy) is 1. The summed E-state index contributed by atoms with van der Waals surface area (Å²) in [5, 5.41) is 0. The van der Waals surface area contributed by atoms with Crippen molar-refractivity contribution in [2.45, 2.75) is 26.9 Å². The molecule has 0 aliphatic heterocycles. The first-order valence-electron chi connectivity index (χ1n) is 3.38. The third-order valence-corrected chi connectivity index (χ3v) is 1.63. The summed E-state index contributed by atoms with van der Waals surface area (Å²) in [6.45, 7) is 5.29. The smallest absolute Gasteiger partial charge is 0.423 e. The summed E-state index contributed by atoms with van der Waals surface area (Å²) in [5.74, 6) is 0. The van der Waals surface area contributed by atoms with Gasteiger partial charge in [0.1, 0.15) is 12.7 Å². The van der Waals surface area contributed by atoms with Crippen LogP contribution in [-0.2, 0) is 13.8 Å². The normalized spacial score (nSPS) is 11.5. The zero-order valence-corrected chi connectivity index (χ0v) is 7.76. The largest absolute Gasteiger partial charge is 0.636 e. The van der Waals surface area contributed by atoms with Crippen molar-refractivity contribution < 1.29 is 18.6 Å². The number of rotatable bonds is 4. The van der Waals surface area contributed by atoms with E-state index in [-0.39, 0.29) is 12.7 Å². The maximum absolute atomic E-state index is 10.7. The highest BCUT2D eigenvalue weighted by molar-refractivity contribution is 7.58. The lowest BCUT2D eigenvalue weighted by Crippen LogP contribution is -2.06. The Bertz CT molecular complexity index is 155. The first kappa shape index (κ1) is 10.5. The predicted octanol–water partition coefficient (Wildman–Crippen LogP) is 2.31. The van der Waals surface area contributed by atoms with Crippen LogP contribution in [-0.4, -0.2) is 18.4 Å². The van der Waals surface area contributed by atoms with E-state index in [4.69, 9.17) is 0 Å². The number of hydrogen-bond acceptors (Lipinski definition) is 4. The molecular weight excluding hydrogens is 167 g/mol. The van der Waals surface area contributed by atoms with Gasteiger partial charge in [-0.15, -0.1) is 4.52 Å². The average Bonchev–Trinajstić information content (AvgIpc) is 1.86. The van der Waals surface area contributed by atoms with Gasteiger partial charge in [-0.1, -0.05) is 0 Å². The van der Waals surface area contributed by atoms with E-state index in [1.54, 1.807) is 20.8 Å². The van der Waals surface area contributed by atoms with Crippen LogP contribution in [0.5, 0.6) is 0 Å². The molecule has 0 rings (SSSR count). The van der Waals surface area contributed by atoms with Gasteiger partial charge >= 0.3 is 13.7 Å². The Labute approximate surface area is 66.7 Å². The molecule has 0 spiro atoms. The average molecular weight is 179 g/mol. The van der Waals surface area contributed by atoms with Gasteiger partial charge in [0.15, 0.2) is 0 Å². The lowest BCUT2D eigenvalue weighted by molar-refractivity contribution is 0.136. The van der Waals surface area contributed by atoms with Crippen LogP contribution in [0.15, 0.2) is 0 Å². The second kappa shape index (κ2) is 5.22. The first-order valence-corrected chi connectivity index (χ1v) is 4.56. The molecule has 0 saturated carbocycles. The standard InChI is InChI=1S/C6H12O4P/c1-4-9-11(8)6(7)10-5(2)3/h5H,4H2,1-3H3/q+1. The SMILES string of the molecule is CCO[P+](=O)C(=O)OC(C)C. The van der Waals surface area contributed by atoms with Gasteiger partial charge in [0.2, 0.25) is 0 Å². The minimum absolute atomic E-state index is 0.248. The molecule has 0 fully saturated rings. The molecule has 0 N–H and O–H groups in total. The Morgan fingerprint density at radius 2 is 2.09 bits per heavy atom. The van der Waals surface area contributed by atoms with Crippen LogP contribution in [0.2, 0.25) is 0 Å². The summed E-state index contributed by atoms with van der Waals surface area (Å²) >= 11 is 0. The van der Waals surface area contributed by atoms with E-state index in [1.807, 2.05) is 0 Å². The van der Waals surface area contributed by atoms with Crippen LogP contribution >= 0.6 is 8.03 Å². The molecule has 11 heavy (non-hydrogen) atoms. The third-order valence-electron chi connectivity index (χ3n) is 0.732. The molecule has 0 heterocycles. The van der Waals surface area contributed by atoms with Crippen LogP contribution in [0.4, 0.5) is 4.79 Å². The molecule has 0 amide bonds. The monoisotopic (exact) mass is 179 g/mol. The lowest BCUT2D eigenvalue weighted by atomic mass is 10.5. The van der Waals surface area contributed by atoms with E-state index in [1.165, 1.54) is 0 Å². The third kappa shape index (κ3) is 4.87. The van der Waals surface area contributed by atoms with E-state index >= 15 is 0 Å². The maximum atomic E-state index is 10.7. The van der Waals surface area contributed by atoms with E-state index in [9.17, 15) is 9.36 Å². The fourth-order valence-corrected chi connectivity index (χ4v) is 1.05. The van der Waals surface area contributed by atoms with Gasteiger partial charge in [-0.3, -0.25) is 0 Å². The van der Waals surface area contributed by atoms with Crippen molar-refractivity contribution in [1.82, 2.24) is 0 Å². The molecular formula is C6H12O4P+. The van der Waals surface area contributed by atoms with Crippen molar-refractivity contribution in [2.24, 2.45) is 0 Å². The summed E-state index contributed by atoms with van der Waals surface area (Å²) in [4.78, 5) is 10.7. The Kier molecular flexibility index (Phi) is 4.99. The fraction of sp³-hybridized carbons (Fsp3) is 0.833. The van der Waals surface area contributed by atoms with Gasteiger partial charge in [0, 0.05) is 0 Å². The highest BCUT2D eigenvalue weighted by Gasteiger charge is 2.33. The first-order chi connectivity index (χ1) is 5.07. The zero-order chi connectivity index (χ0) is 8.85. The minimum Gasteiger partial charge on any atom is -0.423 e. The van der Waals surface area contributed by atoms with Crippen LogP contribution in [0, 0.1) is 0 Å². The van der Waals surface area contributed by atoms with Crippen LogP contribution in [0.25, 0.3) is 0 Å². The quantitative estimate of drug-likeness (QED) is 0.621. The van der Waals surface area contributed by atoms with Gasteiger partial charge in [-0.05, 0) is 25.3 Å². The van der Waals surface area contributed by atoms with Gasteiger partial charge in [-0.2, -0.15) is 4.79 Å². The summed E-state index contributed by atoms with van der Waals surface area (Å²) in [5.41, 5.74) is -0.781. The highest BCUT2D eigenvalue weighted by atomic mass is 31.1. The van der Waals surface area contributed by atoms with Gasteiger partial charge < -0.3 is 4.74 Å². The topological polar surface area (TPSA) is 52.6 Å². The Hall–Kier alpha value is -0.470. The molecule has 0 saturated heterocycles. The Balaban J connectivity index is 3.74. The molecule has 4 nitrogen and oxygen atoms in total. The summed E-state index contributed by atoms with van der Waals surface area (Å²) < 4.78 is 19.9. The summed E-state index contributed by atoms with van der Waals surface area (Å²) in [6.07, 6.45) is -0.248. The highest BCUT2D eigenvalue weighted by Crippen LogP contribution is 2.25. The fourth-order valence-electron chi connectivity index (χ4n) is 0.415. The number of carbonyl (C=O) groups excluding carboxylic acids is 1. The molecule has 0 radical (unpaired) electrons. The molecule has 1 atom stereocenters. The molecule has 1 unspecified atom stereocenters. The zero-order valence-electron chi connectivity index (χ0n) is 6.86. The van der Waals surface area contributed by atoms with Crippen molar-refractivity contribution >= 4 is 13.7 Å². The molecule has 64 valence electrons. The second-order valence-electron chi connectivity index (χ2n) is 2.11.